The minimum absolute atomic E-state index is 0.00679. The van der Waals surface area contributed by atoms with Gasteiger partial charge in [0.05, 0.1) is 7.11 Å². The lowest BCUT2D eigenvalue weighted by Gasteiger charge is -2.09. The molecule has 0 fully saturated rings. The van der Waals surface area contributed by atoms with Crippen LogP contribution in [0.5, 0.6) is 0 Å². The van der Waals surface area contributed by atoms with Crippen LogP contribution in [-0.4, -0.2) is 25.5 Å². The third kappa shape index (κ3) is 7.48. The van der Waals surface area contributed by atoms with Crippen molar-refractivity contribution in [2.24, 2.45) is 0 Å². The van der Waals surface area contributed by atoms with Gasteiger partial charge in [0.1, 0.15) is 0 Å². The van der Waals surface area contributed by atoms with Crippen molar-refractivity contribution >= 4 is 17.4 Å². The first-order valence-corrected chi connectivity index (χ1v) is 9.35. The van der Waals surface area contributed by atoms with E-state index in [1.165, 1.54) is 7.11 Å². The lowest BCUT2D eigenvalue weighted by Crippen LogP contribution is -2.23. The van der Waals surface area contributed by atoms with Gasteiger partial charge in [-0.2, -0.15) is 0 Å². The van der Waals surface area contributed by atoms with E-state index in [2.05, 4.69) is 34.3 Å². The fourth-order valence-corrected chi connectivity index (χ4v) is 2.81. The van der Waals surface area contributed by atoms with E-state index in [0.717, 1.165) is 36.0 Å². The molecule has 0 aliphatic heterocycles. The van der Waals surface area contributed by atoms with Crippen LogP contribution in [0.2, 0.25) is 0 Å². The van der Waals surface area contributed by atoms with Crippen molar-refractivity contribution in [2.75, 3.05) is 13.7 Å². The number of hydrogen-bond donors (Lipinski definition) is 1. The van der Waals surface area contributed by atoms with Crippen molar-refractivity contribution in [3.8, 4) is 0 Å². The van der Waals surface area contributed by atoms with Gasteiger partial charge in [-0.1, -0.05) is 73.2 Å². The Morgan fingerprint density at radius 3 is 2.04 bits per heavy atom. The highest BCUT2D eigenvalue weighted by molar-refractivity contribution is 5.85. The lowest BCUT2D eigenvalue weighted by atomic mass is 9.97. The Hall–Kier alpha value is -2.88. The normalized spacial score (nSPS) is 10.1. The van der Waals surface area contributed by atoms with E-state index in [1.54, 1.807) is 0 Å². The number of esters is 1. The van der Waals surface area contributed by atoms with Crippen molar-refractivity contribution in [3.63, 3.8) is 0 Å². The lowest BCUT2D eigenvalue weighted by molar-refractivity contribution is -0.140. The van der Waals surface area contributed by atoms with Gasteiger partial charge in [0.15, 0.2) is 0 Å². The maximum absolute atomic E-state index is 12.2. The largest absolute Gasteiger partial charge is 0.469 e. The van der Waals surface area contributed by atoms with Crippen LogP contribution in [-0.2, 0) is 14.3 Å². The summed E-state index contributed by atoms with van der Waals surface area (Å²) in [6.07, 6.45) is 5.29. The van der Waals surface area contributed by atoms with E-state index in [0.29, 0.717) is 19.4 Å². The van der Waals surface area contributed by atoms with Gasteiger partial charge in [0.2, 0.25) is 5.91 Å². The molecule has 4 heteroatoms. The van der Waals surface area contributed by atoms with Gasteiger partial charge in [0, 0.05) is 19.4 Å². The molecule has 0 saturated heterocycles. The second kappa shape index (κ2) is 11.7. The number of unbranched alkanes of at least 4 members (excludes halogenated alkanes) is 2. The van der Waals surface area contributed by atoms with Crippen LogP contribution in [0.3, 0.4) is 0 Å². The summed E-state index contributed by atoms with van der Waals surface area (Å²) in [7, 11) is 1.40. The first kappa shape index (κ1) is 20.4. The van der Waals surface area contributed by atoms with Crippen LogP contribution in [0, 0.1) is 0 Å². The van der Waals surface area contributed by atoms with E-state index in [4.69, 9.17) is 0 Å². The van der Waals surface area contributed by atoms with Gasteiger partial charge in [-0.3, -0.25) is 9.59 Å². The van der Waals surface area contributed by atoms with Crippen LogP contribution in [0.1, 0.15) is 43.2 Å². The van der Waals surface area contributed by atoms with E-state index < -0.39 is 0 Å². The summed E-state index contributed by atoms with van der Waals surface area (Å²) in [5.74, 6) is -0.175. The van der Waals surface area contributed by atoms with E-state index in [-0.39, 0.29) is 11.9 Å². The monoisotopic (exact) mass is 365 g/mol. The molecule has 2 rings (SSSR count). The van der Waals surface area contributed by atoms with Gasteiger partial charge in [0.25, 0.3) is 0 Å². The molecule has 0 atom stereocenters. The van der Waals surface area contributed by atoms with Crippen molar-refractivity contribution in [3.05, 3.63) is 77.9 Å². The Balaban J connectivity index is 1.85. The molecule has 2 aromatic rings. The number of ether oxygens (including phenoxy) is 1. The average Bonchev–Trinajstić information content (AvgIpc) is 2.72. The van der Waals surface area contributed by atoms with Crippen LogP contribution in [0.25, 0.3) is 5.57 Å². The summed E-state index contributed by atoms with van der Waals surface area (Å²) in [4.78, 5) is 23.2. The molecule has 0 bridgehead atoms. The highest BCUT2D eigenvalue weighted by Crippen LogP contribution is 2.23. The molecule has 0 saturated carbocycles. The van der Waals surface area contributed by atoms with E-state index >= 15 is 0 Å². The third-order valence-corrected chi connectivity index (χ3v) is 4.27. The molecular formula is C23H27NO3. The Labute approximate surface area is 161 Å². The predicted molar refractivity (Wildman–Crippen MR) is 108 cm³/mol. The fourth-order valence-electron chi connectivity index (χ4n) is 2.81. The van der Waals surface area contributed by atoms with Crippen LogP contribution in [0.15, 0.2) is 66.7 Å². The van der Waals surface area contributed by atoms with E-state index in [9.17, 15) is 9.59 Å². The zero-order chi connectivity index (χ0) is 19.3. The van der Waals surface area contributed by atoms with Gasteiger partial charge < -0.3 is 10.1 Å². The molecule has 0 heterocycles. The minimum Gasteiger partial charge on any atom is -0.469 e. The molecular weight excluding hydrogens is 338 g/mol. The Bertz CT molecular complexity index is 697. The number of rotatable bonds is 10. The summed E-state index contributed by atoms with van der Waals surface area (Å²) in [6, 6.07) is 20.2. The number of carbonyl (C=O) groups excluding carboxylic acids is 2. The number of nitrogens with one attached hydrogen (secondary N) is 1. The SMILES string of the molecule is COC(=O)CCCCCNC(=O)CC=C(c1ccccc1)c1ccccc1. The average molecular weight is 365 g/mol. The van der Waals surface area contributed by atoms with Crippen molar-refractivity contribution in [1.82, 2.24) is 5.32 Å². The summed E-state index contributed by atoms with van der Waals surface area (Å²) >= 11 is 0. The van der Waals surface area contributed by atoms with Gasteiger partial charge >= 0.3 is 5.97 Å². The summed E-state index contributed by atoms with van der Waals surface area (Å²) < 4.78 is 4.61. The zero-order valence-electron chi connectivity index (χ0n) is 15.8. The summed E-state index contributed by atoms with van der Waals surface area (Å²) in [5.41, 5.74) is 3.25. The molecule has 0 spiro atoms. The highest BCUT2D eigenvalue weighted by atomic mass is 16.5. The molecule has 0 aliphatic rings. The number of benzene rings is 2. The number of amides is 1. The van der Waals surface area contributed by atoms with Gasteiger partial charge in [-0.05, 0) is 29.5 Å². The third-order valence-electron chi connectivity index (χ3n) is 4.27. The molecule has 4 nitrogen and oxygen atoms in total. The molecule has 1 amide bonds. The topological polar surface area (TPSA) is 55.4 Å². The first-order chi connectivity index (χ1) is 13.2. The van der Waals surface area contributed by atoms with Crippen molar-refractivity contribution in [1.29, 1.82) is 0 Å². The summed E-state index contributed by atoms with van der Waals surface area (Å²) in [6.45, 7) is 0.625. The maximum Gasteiger partial charge on any atom is 0.305 e. The molecule has 0 unspecified atom stereocenters. The molecule has 142 valence electrons. The minimum atomic E-state index is -0.182. The first-order valence-electron chi connectivity index (χ1n) is 9.35. The fraction of sp³-hybridized carbons (Fsp3) is 0.304. The number of carbonyl (C=O) groups is 2. The number of methoxy groups -OCH3 is 1. The number of hydrogen-bond acceptors (Lipinski definition) is 3. The molecule has 0 aromatic heterocycles. The van der Waals surface area contributed by atoms with E-state index in [1.807, 2.05) is 42.5 Å². The standard InChI is InChI=1S/C23H27NO3/c1-27-23(26)15-9-4-10-18-24-22(25)17-16-21(19-11-5-2-6-12-19)20-13-7-3-8-14-20/h2-3,5-8,11-14,16H,4,9-10,15,17-18H2,1H3,(H,24,25). The Morgan fingerprint density at radius 2 is 1.48 bits per heavy atom. The highest BCUT2D eigenvalue weighted by Gasteiger charge is 2.06. The van der Waals surface area contributed by atoms with Gasteiger partial charge in [-0.15, -0.1) is 0 Å². The van der Waals surface area contributed by atoms with Crippen molar-refractivity contribution < 1.29 is 14.3 Å². The molecule has 1 N–H and O–H groups in total. The van der Waals surface area contributed by atoms with Crippen LogP contribution < -0.4 is 5.32 Å². The molecule has 27 heavy (non-hydrogen) atoms. The molecule has 2 aromatic carbocycles. The Morgan fingerprint density at radius 1 is 0.889 bits per heavy atom. The molecule has 0 aliphatic carbocycles. The zero-order valence-corrected chi connectivity index (χ0v) is 15.8. The quantitative estimate of drug-likeness (QED) is 0.503. The molecule has 0 radical (unpaired) electrons. The second-order valence-corrected chi connectivity index (χ2v) is 6.29. The van der Waals surface area contributed by atoms with Crippen LogP contribution in [0.4, 0.5) is 0 Å². The Kier molecular flexibility index (Phi) is 8.84. The predicted octanol–water partition coefficient (Wildman–Crippen LogP) is 4.36. The van der Waals surface area contributed by atoms with Crippen LogP contribution >= 0.6 is 0 Å². The maximum atomic E-state index is 12.2. The van der Waals surface area contributed by atoms with Crippen molar-refractivity contribution in [2.45, 2.75) is 32.1 Å². The summed E-state index contributed by atoms with van der Waals surface area (Å²) in [5, 5.41) is 2.94. The second-order valence-electron chi connectivity index (χ2n) is 6.29. The smallest absolute Gasteiger partial charge is 0.305 e. The van der Waals surface area contributed by atoms with Gasteiger partial charge in [-0.25, -0.2) is 0 Å².